The number of aliphatic hydroxyl groups excluding tert-OH is 1. The molecular weight excluding hydrogens is 266 g/mol. The predicted molar refractivity (Wildman–Crippen MR) is 82.3 cm³/mol. The minimum Gasteiger partial charge on any atom is -0.484 e. The van der Waals surface area contributed by atoms with Gasteiger partial charge in [-0.15, -0.1) is 0 Å². The van der Waals surface area contributed by atoms with Crippen molar-refractivity contribution < 1.29 is 14.6 Å². The summed E-state index contributed by atoms with van der Waals surface area (Å²) in [6.07, 6.45) is 5.33. The fourth-order valence-corrected chi connectivity index (χ4v) is 2.82. The van der Waals surface area contributed by atoms with E-state index in [1.54, 1.807) is 0 Å². The van der Waals surface area contributed by atoms with Gasteiger partial charge in [0.25, 0.3) is 5.91 Å². The van der Waals surface area contributed by atoms with Gasteiger partial charge in [0.15, 0.2) is 6.61 Å². The fraction of sp³-hybridized carbons (Fsp3) is 0.588. The van der Waals surface area contributed by atoms with E-state index in [-0.39, 0.29) is 12.5 Å². The quantitative estimate of drug-likeness (QED) is 0.846. The number of para-hydroxylation sites is 1. The molecule has 0 saturated heterocycles. The second-order valence-electron chi connectivity index (χ2n) is 5.82. The van der Waals surface area contributed by atoms with Gasteiger partial charge in [-0.1, -0.05) is 37.5 Å². The molecule has 4 heteroatoms. The van der Waals surface area contributed by atoms with Crippen LogP contribution in [-0.4, -0.2) is 30.3 Å². The number of carbonyl (C=O) groups excluding carboxylic acids is 1. The first-order valence-corrected chi connectivity index (χ1v) is 7.80. The van der Waals surface area contributed by atoms with Crippen LogP contribution in [0.4, 0.5) is 0 Å². The molecule has 1 aliphatic carbocycles. The molecule has 0 aromatic heterocycles. The van der Waals surface area contributed by atoms with Crippen molar-refractivity contribution in [3.8, 4) is 5.75 Å². The van der Waals surface area contributed by atoms with Crippen molar-refractivity contribution >= 4 is 5.91 Å². The summed E-state index contributed by atoms with van der Waals surface area (Å²) in [7, 11) is 0. The molecule has 0 bridgehead atoms. The molecule has 1 aromatic carbocycles. The Morgan fingerprint density at radius 3 is 2.76 bits per heavy atom. The molecule has 21 heavy (non-hydrogen) atoms. The van der Waals surface area contributed by atoms with Gasteiger partial charge in [-0.3, -0.25) is 4.79 Å². The molecule has 1 fully saturated rings. The maximum Gasteiger partial charge on any atom is 0.258 e. The average Bonchev–Trinajstić information content (AvgIpc) is 2.52. The van der Waals surface area contributed by atoms with Crippen LogP contribution in [0.25, 0.3) is 0 Å². The lowest BCUT2D eigenvalue weighted by Crippen LogP contribution is -2.39. The van der Waals surface area contributed by atoms with Crippen LogP contribution in [0.2, 0.25) is 0 Å². The first kappa shape index (κ1) is 15.8. The number of amides is 1. The topological polar surface area (TPSA) is 58.6 Å². The van der Waals surface area contributed by atoms with Crippen LogP contribution in [-0.2, 0) is 4.79 Å². The maximum absolute atomic E-state index is 11.8. The molecule has 1 atom stereocenters. The minimum absolute atomic E-state index is 0.0117. The van der Waals surface area contributed by atoms with E-state index >= 15 is 0 Å². The van der Waals surface area contributed by atoms with Gasteiger partial charge in [0, 0.05) is 6.54 Å². The van der Waals surface area contributed by atoms with E-state index in [1.165, 1.54) is 19.3 Å². The highest BCUT2D eigenvalue weighted by molar-refractivity contribution is 5.77. The Kier molecular flexibility index (Phi) is 6.05. The molecule has 1 aliphatic rings. The number of ether oxygens (including phenoxy) is 1. The lowest BCUT2D eigenvalue weighted by Gasteiger charge is -2.26. The molecule has 1 amide bonds. The number of rotatable bonds is 6. The van der Waals surface area contributed by atoms with Gasteiger partial charge >= 0.3 is 0 Å². The molecule has 116 valence electrons. The van der Waals surface area contributed by atoms with Crippen molar-refractivity contribution in [2.45, 2.75) is 45.1 Å². The molecule has 0 spiro atoms. The van der Waals surface area contributed by atoms with Gasteiger partial charge < -0.3 is 15.2 Å². The first-order chi connectivity index (χ1) is 10.2. The van der Waals surface area contributed by atoms with Crippen molar-refractivity contribution in [3.63, 3.8) is 0 Å². The van der Waals surface area contributed by atoms with E-state index < -0.39 is 6.10 Å². The molecule has 2 N–H and O–H groups in total. The van der Waals surface area contributed by atoms with E-state index in [2.05, 4.69) is 5.32 Å². The van der Waals surface area contributed by atoms with Gasteiger partial charge in [-0.05, 0) is 37.3 Å². The monoisotopic (exact) mass is 291 g/mol. The van der Waals surface area contributed by atoms with Crippen LogP contribution in [0, 0.1) is 12.8 Å². The Morgan fingerprint density at radius 1 is 1.33 bits per heavy atom. The van der Waals surface area contributed by atoms with E-state index in [9.17, 15) is 9.90 Å². The number of nitrogens with one attached hydrogen (secondary N) is 1. The summed E-state index contributed by atoms with van der Waals surface area (Å²) >= 11 is 0. The lowest BCUT2D eigenvalue weighted by molar-refractivity contribution is -0.123. The number of benzene rings is 1. The number of aliphatic hydroxyl groups is 1. The highest BCUT2D eigenvalue weighted by Gasteiger charge is 2.21. The highest BCUT2D eigenvalue weighted by Crippen LogP contribution is 2.26. The summed E-state index contributed by atoms with van der Waals surface area (Å²) in [4.78, 5) is 11.8. The Labute approximate surface area is 126 Å². The third kappa shape index (κ3) is 5.05. The third-order valence-corrected chi connectivity index (χ3v) is 4.15. The van der Waals surface area contributed by atoms with Gasteiger partial charge in [-0.25, -0.2) is 0 Å². The Hall–Kier alpha value is -1.55. The Bertz CT molecular complexity index is 455. The smallest absolute Gasteiger partial charge is 0.258 e. The van der Waals surface area contributed by atoms with E-state index in [4.69, 9.17) is 4.74 Å². The number of hydrogen-bond acceptors (Lipinski definition) is 3. The van der Waals surface area contributed by atoms with Crippen LogP contribution in [0.15, 0.2) is 24.3 Å². The van der Waals surface area contributed by atoms with Crippen molar-refractivity contribution in [1.29, 1.82) is 0 Å². The zero-order valence-electron chi connectivity index (χ0n) is 12.7. The van der Waals surface area contributed by atoms with Gasteiger partial charge in [-0.2, -0.15) is 0 Å². The van der Waals surface area contributed by atoms with Crippen molar-refractivity contribution in [1.82, 2.24) is 5.32 Å². The Morgan fingerprint density at radius 2 is 2.05 bits per heavy atom. The Balaban J connectivity index is 1.68. The lowest BCUT2D eigenvalue weighted by atomic mass is 9.85. The summed E-state index contributed by atoms with van der Waals surface area (Å²) in [5.74, 6) is 0.866. The molecule has 0 aliphatic heterocycles. The van der Waals surface area contributed by atoms with E-state index in [0.717, 1.165) is 24.2 Å². The summed E-state index contributed by atoms with van der Waals surface area (Å²) < 4.78 is 5.48. The SMILES string of the molecule is Cc1ccccc1OCC(=O)NCC(O)C1CCCCC1. The molecule has 2 rings (SSSR count). The normalized spacial score (nSPS) is 17.2. The maximum atomic E-state index is 11.8. The van der Waals surface area contributed by atoms with Crippen molar-refractivity contribution in [3.05, 3.63) is 29.8 Å². The molecule has 0 radical (unpaired) electrons. The highest BCUT2D eigenvalue weighted by atomic mass is 16.5. The molecular formula is C17H25NO3. The summed E-state index contributed by atoms with van der Waals surface area (Å²) in [5.41, 5.74) is 1.01. The van der Waals surface area contributed by atoms with Gasteiger partial charge in [0.1, 0.15) is 5.75 Å². The fourth-order valence-electron chi connectivity index (χ4n) is 2.82. The van der Waals surface area contributed by atoms with Crippen LogP contribution in [0.3, 0.4) is 0 Å². The van der Waals surface area contributed by atoms with Crippen molar-refractivity contribution in [2.75, 3.05) is 13.2 Å². The summed E-state index contributed by atoms with van der Waals surface area (Å²) in [5, 5.41) is 12.9. The van der Waals surface area contributed by atoms with Gasteiger partial charge in [0.05, 0.1) is 6.10 Å². The van der Waals surface area contributed by atoms with E-state index in [1.807, 2.05) is 31.2 Å². The third-order valence-electron chi connectivity index (χ3n) is 4.15. The van der Waals surface area contributed by atoms with Crippen LogP contribution in [0.1, 0.15) is 37.7 Å². The van der Waals surface area contributed by atoms with Gasteiger partial charge in [0.2, 0.25) is 0 Å². The largest absolute Gasteiger partial charge is 0.484 e. The summed E-state index contributed by atoms with van der Waals surface area (Å²) in [6.45, 7) is 2.25. The molecule has 0 heterocycles. The number of carbonyl (C=O) groups is 1. The van der Waals surface area contributed by atoms with Crippen molar-refractivity contribution in [2.24, 2.45) is 5.92 Å². The van der Waals surface area contributed by atoms with Crippen LogP contribution >= 0.6 is 0 Å². The number of aryl methyl sites for hydroxylation is 1. The molecule has 1 aromatic rings. The molecule has 1 saturated carbocycles. The second kappa shape index (κ2) is 8.03. The molecule has 1 unspecified atom stereocenters. The van der Waals surface area contributed by atoms with Crippen LogP contribution in [0.5, 0.6) is 5.75 Å². The molecule has 4 nitrogen and oxygen atoms in total. The predicted octanol–water partition coefficient (Wildman–Crippen LogP) is 2.43. The average molecular weight is 291 g/mol. The zero-order chi connectivity index (χ0) is 15.1. The minimum atomic E-state index is -0.437. The summed E-state index contributed by atoms with van der Waals surface area (Å²) in [6, 6.07) is 7.61. The second-order valence-corrected chi connectivity index (χ2v) is 5.82. The standard InChI is InChI=1S/C17H25NO3/c1-13-7-5-6-10-16(13)21-12-17(20)18-11-15(19)14-8-3-2-4-9-14/h5-7,10,14-15,19H,2-4,8-9,11-12H2,1H3,(H,18,20). The first-order valence-electron chi connectivity index (χ1n) is 7.80. The zero-order valence-corrected chi connectivity index (χ0v) is 12.7. The number of hydrogen-bond donors (Lipinski definition) is 2. The van der Waals surface area contributed by atoms with Crippen LogP contribution < -0.4 is 10.1 Å². The van der Waals surface area contributed by atoms with E-state index in [0.29, 0.717) is 12.5 Å².